The van der Waals surface area contributed by atoms with Crippen molar-refractivity contribution in [2.45, 2.75) is 71.0 Å². The predicted molar refractivity (Wildman–Crippen MR) is 161 cm³/mol. The van der Waals surface area contributed by atoms with Crippen molar-refractivity contribution in [3.8, 4) is 0 Å². The van der Waals surface area contributed by atoms with Gasteiger partial charge in [0.15, 0.2) is 0 Å². The minimum absolute atomic E-state index is 0.0120. The van der Waals surface area contributed by atoms with E-state index in [1.54, 1.807) is 18.2 Å². The maximum Gasteiger partial charge on any atom is 0.264 e. The van der Waals surface area contributed by atoms with E-state index in [1.165, 1.54) is 29.2 Å². The second-order valence-electron chi connectivity index (χ2n) is 10.1. The van der Waals surface area contributed by atoms with Gasteiger partial charge in [0.25, 0.3) is 10.0 Å². The number of sulfonamides is 1. The van der Waals surface area contributed by atoms with E-state index in [4.69, 9.17) is 11.6 Å². The van der Waals surface area contributed by atoms with E-state index in [9.17, 15) is 18.0 Å². The molecule has 2 atom stereocenters. The van der Waals surface area contributed by atoms with Crippen molar-refractivity contribution in [3.05, 3.63) is 94.5 Å². The molecule has 0 heterocycles. The van der Waals surface area contributed by atoms with E-state index in [2.05, 4.69) is 5.32 Å². The normalized spacial score (nSPS) is 12.8. The maximum absolute atomic E-state index is 14.1. The molecule has 9 heteroatoms. The Kier molecular flexibility index (Phi) is 10.8. The summed E-state index contributed by atoms with van der Waals surface area (Å²) in [6.07, 6.45) is 1.11. The van der Waals surface area contributed by atoms with E-state index < -0.39 is 28.5 Å². The minimum Gasteiger partial charge on any atom is -0.352 e. The second kappa shape index (κ2) is 13.8. The molecule has 0 aliphatic heterocycles. The molecule has 3 rings (SSSR count). The fraction of sp³-hybridized carbons (Fsp3) is 0.355. The van der Waals surface area contributed by atoms with Gasteiger partial charge < -0.3 is 10.2 Å². The number of aryl methyl sites for hydroxylation is 2. The van der Waals surface area contributed by atoms with Crippen molar-refractivity contribution in [3.63, 3.8) is 0 Å². The Labute approximate surface area is 243 Å². The Morgan fingerprint density at radius 2 is 1.52 bits per heavy atom. The summed E-state index contributed by atoms with van der Waals surface area (Å²) in [6.45, 7) is 9.23. The monoisotopic (exact) mass is 583 g/mol. The number of anilines is 1. The second-order valence-corrected chi connectivity index (χ2v) is 12.4. The van der Waals surface area contributed by atoms with Crippen LogP contribution in [0.1, 0.15) is 50.3 Å². The summed E-state index contributed by atoms with van der Waals surface area (Å²) < 4.78 is 28.9. The van der Waals surface area contributed by atoms with Crippen molar-refractivity contribution < 1.29 is 18.0 Å². The van der Waals surface area contributed by atoms with Crippen molar-refractivity contribution in [1.82, 2.24) is 10.2 Å². The van der Waals surface area contributed by atoms with Gasteiger partial charge in [-0.15, -0.1) is 0 Å². The van der Waals surface area contributed by atoms with Crippen LogP contribution < -0.4 is 9.62 Å². The van der Waals surface area contributed by atoms with Crippen LogP contribution in [0, 0.1) is 13.8 Å². The molecular weight excluding hydrogens is 546 g/mol. The summed E-state index contributed by atoms with van der Waals surface area (Å²) >= 11 is 6.01. The van der Waals surface area contributed by atoms with Crippen LogP contribution in [0.15, 0.2) is 77.7 Å². The van der Waals surface area contributed by atoms with Crippen LogP contribution in [0.5, 0.6) is 0 Å². The standard InChI is InChI=1S/C31H38ClN3O4S/c1-6-24(5)33-31(37)29(7-2)34(20-25-12-8-10-22(3)18-25)30(36)21-35(27-13-9-11-23(4)19-27)40(38,39)28-16-14-26(32)15-17-28/h8-19,24,29H,6-7,20-21H2,1-5H3,(H,33,37)/t24-,29+/m0/s1. The molecule has 0 saturated carbocycles. The topological polar surface area (TPSA) is 86.8 Å². The van der Waals surface area contributed by atoms with Gasteiger partial charge in [-0.2, -0.15) is 0 Å². The SMILES string of the molecule is CC[C@H](C(=O)N[C@@H](C)CC)N(Cc1cccc(C)c1)C(=O)CN(c1cccc(C)c1)S(=O)(=O)c1ccc(Cl)cc1. The summed E-state index contributed by atoms with van der Waals surface area (Å²) in [4.78, 5) is 29.0. The van der Waals surface area contributed by atoms with Crippen molar-refractivity contribution in [2.24, 2.45) is 0 Å². The van der Waals surface area contributed by atoms with Crippen LogP contribution in [0.2, 0.25) is 5.02 Å². The number of carbonyl (C=O) groups is 2. The Hall–Kier alpha value is -3.36. The van der Waals surface area contributed by atoms with Gasteiger partial charge in [0.2, 0.25) is 11.8 Å². The Bertz CT molecular complexity index is 1430. The number of nitrogens with zero attached hydrogens (tertiary/aromatic N) is 2. The lowest BCUT2D eigenvalue weighted by Crippen LogP contribution is -2.53. The van der Waals surface area contributed by atoms with Gasteiger partial charge in [-0.3, -0.25) is 13.9 Å². The summed E-state index contributed by atoms with van der Waals surface area (Å²) in [5.41, 5.74) is 3.08. The molecule has 40 heavy (non-hydrogen) atoms. The highest BCUT2D eigenvalue weighted by Crippen LogP contribution is 2.26. The van der Waals surface area contributed by atoms with Crippen LogP contribution in [-0.2, 0) is 26.2 Å². The number of rotatable bonds is 12. The average Bonchev–Trinajstić information content (AvgIpc) is 2.91. The Balaban J connectivity index is 2.06. The van der Waals surface area contributed by atoms with Crippen molar-refractivity contribution in [2.75, 3.05) is 10.8 Å². The molecule has 214 valence electrons. The number of carbonyl (C=O) groups excluding carboxylic acids is 2. The predicted octanol–water partition coefficient (Wildman–Crippen LogP) is 5.87. The third-order valence-electron chi connectivity index (χ3n) is 6.79. The molecule has 2 amide bonds. The van der Waals surface area contributed by atoms with E-state index >= 15 is 0 Å². The summed E-state index contributed by atoms with van der Waals surface area (Å²) in [6, 6.07) is 19.7. The molecule has 3 aromatic rings. The smallest absolute Gasteiger partial charge is 0.264 e. The van der Waals surface area contributed by atoms with Gasteiger partial charge in [-0.05, 0) is 81.1 Å². The van der Waals surface area contributed by atoms with E-state index in [1.807, 2.05) is 65.0 Å². The molecule has 0 spiro atoms. The molecule has 0 unspecified atom stereocenters. The number of hydrogen-bond donors (Lipinski definition) is 1. The fourth-order valence-corrected chi connectivity index (χ4v) is 5.95. The van der Waals surface area contributed by atoms with Crippen LogP contribution >= 0.6 is 11.6 Å². The van der Waals surface area contributed by atoms with Crippen LogP contribution in [0.4, 0.5) is 5.69 Å². The maximum atomic E-state index is 14.1. The lowest BCUT2D eigenvalue weighted by molar-refractivity contribution is -0.140. The van der Waals surface area contributed by atoms with Crippen molar-refractivity contribution >= 4 is 39.1 Å². The lowest BCUT2D eigenvalue weighted by Gasteiger charge is -2.34. The molecule has 0 radical (unpaired) electrons. The number of halogens is 1. The zero-order valence-corrected chi connectivity index (χ0v) is 25.3. The largest absolute Gasteiger partial charge is 0.352 e. The molecule has 1 N–H and O–H groups in total. The first-order chi connectivity index (χ1) is 19.0. The van der Waals surface area contributed by atoms with Crippen LogP contribution in [-0.4, -0.2) is 43.8 Å². The molecule has 0 aromatic heterocycles. The first-order valence-electron chi connectivity index (χ1n) is 13.5. The average molecular weight is 584 g/mol. The summed E-state index contributed by atoms with van der Waals surface area (Å²) in [7, 11) is -4.14. The number of hydrogen-bond acceptors (Lipinski definition) is 4. The van der Waals surface area contributed by atoms with Crippen molar-refractivity contribution in [1.29, 1.82) is 0 Å². The zero-order chi connectivity index (χ0) is 29.4. The van der Waals surface area contributed by atoms with E-state index in [-0.39, 0.29) is 23.4 Å². The van der Waals surface area contributed by atoms with Gasteiger partial charge in [0.05, 0.1) is 10.6 Å². The molecule has 7 nitrogen and oxygen atoms in total. The third kappa shape index (κ3) is 7.86. The fourth-order valence-electron chi connectivity index (χ4n) is 4.41. The quantitative estimate of drug-likeness (QED) is 0.289. The highest BCUT2D eigenvalue weighted by molar-refractivity contribution is 7.92. The number of amides is 2. The third-order valence-corrected chi connectivity index (χ3v) is 8.83. The number of nitrogens with one attached hydrogen (secondary N) is 1. The molecule has 0 bridgehead atoms. The molecule has 0 aliphatic carbocycles. The van der Waals surface area contributed by atoms with Crippen LogP contribution in [0.3, 0.4) is 0 Å². The highest BCUT2D eigenvalue weighted by atomic mass is 35.5. The minimum atomic E-state index is -4.14. The van der Waals surface area contributed by atoms with Gasteiger partial charge >= 0.3 is 0 Å². The summed E-state index contributed by atoms with van der Waals surface area (Å²) in [5, 5.41) is 3.39. The zero-order valence-electron chi connectivity index (χ0n) is 23.7. The molecular formula is C31H38ClN3O4S. The molecule has 3 aromatic carbocycles. The first kappa shape index (κ1) is 31.2. The Morgan fingerprint density at radius 1 is 0.900 bits per heavy atom. The highest BCUT2D eigenvalue weighted by Gasteiger charge is 2.34. The molecule has 0 aliphatic rings. The van der Waals surface area contributed by atoms with Gasteiger partial charge in [0.1, 0.15) is 12.6 Å². The Morgan fingerprint density at radius 3 is 2.10 bits per heavy atom. The van der Waals surface area contributed by atoms with Gasteiger partial charge in [-0.25, -0.2) is 8.42 Å². The lowest BCUT2D eigenvalue weighted by atomic mass is 10.1. The molecule has 0 fully saturated rings. The first-order valence-corrected chi connectivity index (χ1v) is 15.3. The number of benzene rings is 3. The van der Waals surface area contributed by atoms with E-state index in [0.717, 1.165) is 27.4 Å². The summed E-state index contributed by atoms with van der Waals surface area (Å²) in [5.74, 6) is -0.743. The van der Waals surface area contributed by atoms with Crippen LogP contribution in [0.25, 0.3) is 0 Å². The van der Waals surface area contributed by atoms with E-state index in [0.29, 0.717) is 17.1 Å². The van der Waals surface area contributed by atoms with Gasteiger partial charge in [-0.1, -0.05) is 67.4 Å². The molecule has 0 saturated heterocycles. The van der Waals surface area contributed by atoms with Gasteiger partial charge in [0, 0.05) is 17.6 Å².